The van der Waals surface area contributed by atoms with Crippen LogP contribution in [0.2, 0.25) is 0 Å². The van der Waals surface area contributed by atoms with Gasteiger partial charge in [-0.05, 0) is 52.4 Å². The molecular weight excluding hydrogens is 348 g/mol. The first kappa shape index (κ1) is 21.5. The van der Waals surface area contributed by atoms with Crippen LogP contribution in [0.1, 0.15) is 46.5 Å². The van der Waals surface area contributed by atoms with E-state index in [9.17, 15) is 23.7 Å². The van der Waals surface area contributed by atoms with Gasteiger partial charge in [0.25, 0.3) is 0 Å². The molecule has 0 aromatic carbocycles. The molecule has 1 aliphatic rings. The third-order valence-corrected chi connectivity index (χ3v) is 5.01. The molecule has 9 heteroatoms. The molecule has 25 heavy (non-hydrogen) atoms. The van der Waals surface area contributed by atoms with Gasteiger partial charge in [-0.25, -0.2) is 18.5 Å². The van der Waals surface area contributed by atoms with E-state index in [4.69, 9.17) is 4.74 Å². The number of piperidine rings is 1. The zero-order valence-corrected chi connectivity index (χ0v) is 16.1. The standard InChI is InChI=1S/C16H28N2O6S/c1-16(2,3)24-15(22)18-9-7-12(8-10-18)5-6-13(14(20)21)17-25(4,23)11-19/h12-13H,5-10H2,1-4H3,(H,17,23)(H,20,21)/t13-,25?/m1/s1. The molecule has 0 aromatic heterocycles. The van der Waals surface area contributed by atoms with E-state index in [2.05, 4.69) is 4.72 Å². The normalized spacial score (nSPS) is 19.6. The number of carboxylic acids is 1. The summed E-state index contributed by atoms with van der Waals surface area (Å²) < 4.78 is 19.4. The SMILES string of the molecule is CC(C)(C)OC(=O)N1CCC(CC[C@@H](NS(C)(=O)=C=O)C(=O)O)CC1. The Morgan fingerprint density at radius 1 is 1.36 bits per heavy atom. The number of carbonyl (C=O) groups is 2. The Morgan fingerprint density at radius 3 is 2.36 bits per heavy atom. The van der Waals surface area contributed by atoms with Crippen molar-refractivity contribution < 1.29 is 28.4 Å². The highest BCUT2D eigenvalue weighted by Crippen LogP contribution is 2.24. The quantitative estimate of drug-likeness (QED) is 0.677. The first-order chi connectivity index (χ1) is 11.4. The third kappa shape index (κ3) is 7.90. The van der Waals surface area contributed by atoms with E-state index in [1.165, 1.54) is 5.23 Å². The number of carbonyl (C=O) groups excluding carboxylic acids is 2. The summed E-state index contributed by atoms with van der Waals surface area (Å²) in [6, 6.07) is -1.05. The molecule has 1 fully saturated rings. The van der Waals surface area contributed by atoms with E-state index >= 15 is 0 Å². The van der Waals surface area contributed by atoms with Crippen molar-refractivity contribution in [3.8, 4) is 0 Å². The molecule has 8 nitrogen and oxygen atoms in total. The molecule has 1 unspecified atom stereocenters. The molecular formula is C16H28N2O6S. The summed E-state index contributed by atoms with van der Waals surface area (Å²) in [5.74, 6) is -0.869. The minimum absolute atomic E-state index is 0.263. The Bertz CT molecular complexity index is 621. The molecule has 2 N–H and O–H groups in total. The lowest BCUT2D eigenvalue weighted by Crippen LogP contribution is -2.43. The monoisotopic (exact) mass is 376 g/mol. The minimum atomic E-state index is -3.11. The Kier molecular flexibility index (Phi) is 7.46. The van der Waals surface area contributed by atoms with Gasteiger partial charge in [0.15, 0.2) is 0 Å². The molecule has 2 atom stereocenters. The smallest absolute Gasteiger partial charge is 0.410 e. The number of hydrogen-bond donors (Lipinski definition) is 2. The van der Waals surface area contributed by atoms with E-state index in [0.717, 1.165) is 19.1 Å². The van der Waals surface area contributed by atoms with E-state index in [1.54, 1.807) is 4.90 Å². The fraction of sp³-hybridized carbons (Fsp3) is 0.812. The Balaban J connectivity index is 2.48. The van der Waals surface area contributed by atoms with Crippen molar-refractivity contribution in [1.29, 1.82) is 0 Å². The lowest BCUT2D eigenvalue weighted by molar-refractivity contribution is -0.139. The second-order valence-corrected chi connectivity index (χ2v) is 9.51. The van der Waals surface area contributed by atoms with Gasteiger partial charge in [-0.2, -0.15) is 0 Å². The van der Waals surface area contributed by atoms with Crippen molar-refractivity contribution in [3.05, 3.63) is 0 Å². The van der Waals surface area contributed by atoms with Crippen molar-refractivity contribution in [1.82, 2.24) is 9.62 Å². The molecule has 0 bridgehead atoms. The van der Waals surface area contributed by atoms with Crippen LogP contribution in [0.4, 0.5) is 4.79 Å². The zero-order chi connectivity index (χ0) is 19.3. The third-order valence-electron chi connectivity index (χ3n) is 3.95. The lowest BCUT2D eigenvalue weighted by atomic mass is 9.91. The predicted molar refractivity (Wildman–Crippen MR) is 94.1 cm³/mol. The number of aliphatic carboxylic acids is 1. The molecule has 0 aromatic rings. The molecule has 0 radical (unpaired) electrons. The second kappa shape index (κ2) is 8.69. The fourth-order valence-electron chi connectivity index (χ4n) is 2.66. The van der Waals surface area contributed by atoms with E-state index in [0.29, 0.717) is 19.5 Å². The highest BCUT2D eigenvalue weighted by molar-refractivity contribution is 7.98. The lowest BCUT2D eigenvalue weighted by Gasteiger charge is -2.33. The van der Waals surface area contributed by atoms with Crippen molar-refractivity contribution in [2.75, 3.05) is 19.3 Å². The van der Waals surface area contributed by atoms with Gasteiger partial charge in [0.1, 0.15) is 21.4 Å². The van der Waals surface area contributed by atoms with Gasteiger partial charge < -0.3 is 14.7 Å². The highest BCUT2D eigenvalue weighted by Gasteiger charge is 2.28. The van der Waals surface area contributed by atoms with Gasteiger partial charge in [-0.1, -0.05) is 0 Å². The number of amides is 1. The van der Waals surface area contributed by atoms with Gasteiger partial charge in [0.2, 0.25) is 5.23 Å². The summed E-state index contributed by atoms with van der Waals surface area (Å²) in [7, 11) is -3.11. The van der Waals surface area contributed by atoms with Gasteiger partial charge in [-0.15, -0.1) is 0 Å². The van der Waals surface area contributed by atoms with Crippen LogP contribution in [-0.2, 0) is 24.0 Å². The van der Waals surface area contributed by atoms with Gasteiger partial charge in [0.05, 0.1) is 0 Å². The Morgan fingerprint density at radius 2 is 1.92 bits per heavy atom. The summed E-state index contributed by atoms with van der Waals surface area (Å²) in [6.45, 7) is 6.59. The molecule has 1 rings (SSSR count). The number of rotatable bonds is 6. The first-order valence-electron chi connectivity index (χ1n) is 8.29. The molecule has 1 aliphatic heterocycles. The summed E-state index contributed by atoms with van der Waals surface area (Å²) in [5.41, 5.74) is -0.531. The molecule has 0 spiro atoms. The maximum Gasteiger partial charge on any atom is 0.410 e. The number of carboxylic acid groups (broad SMARTS) is 1. The first-order valence-corrected chi connectivity index (χ1v) is 10.3. The van der Waals surface area contributed by atoms with Crippen molar-refractivity contribution in [3.63, 3.8) is 0 Å². The van der Waals surface area contributed by atoms with Crippen molar-refractivity contribution >= 4 is 27.0 Å². The van der Waals surface area contributed by atoms with Crippen LogP contribution in [0.15, 0.2) is 0 Å². The molecule has 1 amide bonds. The number of likely N-dealkylation sites (tertiary alicyclic amines) is 1. The molecule has 0 saturated carbocycles. The number of nitrogens with one attached hydrogen (secondary N) is 1. The maximum absolute atomic E-state index is 12.0. The molecule has 144 valence electrons. The zero-order valence-electron chi connectivity index (χ0n) is 15.2. The van der Waals surface area contributed by atoms with Gasteiger partial charge in [-0.3, -0.25) is 4.79 Å². The Labute approximate surface area is 149 Å². The van der Waals surface area contributed by atoms with Crippen LogP contribution in [-0.4, -0.2) is 62.5 Å². The highest BCUT2D eigenvalue weighted by atomic mass is 32.2. The molecule has 0 aliphatic carbocycles. The number of hydrogen-bond acceptors (Lipinski definition) is 5. The van der Waals surface area contributed by atoms with E-state index < -0.39 is 27.3 Å². The average molecular weight is 376 g/mol. The van der Waals surface area contributed by atoms with E-state index in [-0.39, 0.29) is 18.4 Å². The van der Waals surface area contributed by atoms with Crippen molar-refractivity contribution in [2.45, 2.75) is 58.1 Å². The second-order valence-electron chi connectivity index (χ2n) is 7.42. The number of ether oxygens (including phenoxy) is 1. The van der Waals surface area contributed by atoms with Crippen molar-refractivity contribution in [2.24, 2.45) is 5.92 Å². The summed E-state index contributed by atoms with van der Waals surface area (Å²) >= 11 is 0. The number of nitrogens with zero attached hydrogens (tertiary/aromatic N) is 1. The van der Waals surface area contributed by atoms with Crippen LogP contribution < -0.4 is 4.72 Å². The van der Waals surface area contributed by atoms with Crippen LogP contribution in [0.5, 0.6) is 0 Å². The fourth-order valence-corrected chi connectivity index (χ4v) is 3.47. The molecule has 1 saturated heterocycles. The predicted octanol–water partition coefficient (Wildman–Crippen LogP) is 1.35. The maximum atomic E-state index is 12.0. The minimum Gasteiger partial charge on any atom is -0.480 e. The largest absolute Gasteiger partial charge is 0.480 e. The summed E-state index contributed by atoms with van der Waals surface area (Å²) in [5, 5.41) is 10.5. The van der Waals surface area contributed by atoms with Gasteiger partial charge >= 0.3 is 12.1 Å². The van der Waals surface area contributed by atoms with E-state index in [1.807, 2.05) is 20.8 Å². The van der Waals surface area contributed by atoms with Crippen LogP contribution >= 0.6 is 0 Å². The van der Waals surface area contributed by atoms with Crippen LogP contribution in [0, 0.1) is 5.92 Å². The summed E-state index contributed by atoms with van der Waals surface area (Å²) in [4.78, 5) is 35.5. The van der Waals surface area contributed by atoms with Crippen LogP contribution in [0.3, 0.4) is 0 Å². The van der Waals surface area contributed by atoms with Crippen LogP contribution in [0.25, 0.3) is 0 Å². The average Bonchev–Trinajstić information content (AvgIpc) is 2.50. The molecule has 1 heterocycles. The topological polar surface area (TPSA) is 113 Å². The van der Waals surface area contributed by atoms with Gasteiger partial charge in [0, 0.05) is 19.3 Å². The Hall–Kier alpha value is -1.57. The summed E-state index contributed by atoms with van der Waals surface area (Å²) in [6.07, 6.45) is 3.19.